The van der Waals surface area contributed by atoms with Crippen LogP contribution in [0.2, 0.25) is 0 Å². The van der Waals surface area contributed by atoms with Crippen LogP contribution in [-0.4, -0.2) is 31.9 Å². The number of hydrogen-bond donors (Lipinski definition) is 0. The van der Waals surface area contributed by atoms with Crippen LogP contribution < -0.4 is 0 Å². The van der Waals surface area contributed by atoms with Crippen LogP contribution in [0.25, 0.3) is 0 Å². The highest BCUT2D eigenvalue weighted by Gasteiger charge is 2.44. The number of likely N-dealkylation sites (tertiary alicyclic amines) is 1. The Kier molecular flexibility index (Phi) is 6.66. The van der Waals surface area contributed by atoms with E-state index in [1.54, 1.807) is 6.07 Å². The topological polar surface area (TPSA) is 41.9 Å². The molecule has 1 saturated heterocycles. The smallest absolute Gasteiger partial charge is 0.141 e. The predicted molar refractivity (Wildman–Crippen MR) is 126 cm³/mol. The molecule has 3 aromatic rings. The molecule has 168 valence electrons. The molecule has 3 atom stereocenters. The molecular weight excluding hydrogens is 399 g/mol. The van der Waals surface area contributed by atoms with Gasteiger partial charge in [-0.05, 0) is 89.3 Å². The number of piperidine rings is 1. The minimum atomic E-state index is -0.289. The van der Waals surface area contributed by atoms with Crippen molar-refractivity contribution in [2.75, 3.05) is 0 Å². The fourth-order valence-corrected chi connectivity index (χ4v) is 5.66. The third kappa shape index (κ3) is 4.73. The maximum atomic E-state index is 13.3. The summed E-state index contributed by atoms with van der Waals surface area (Å²) in [6.07, 6.45) is 9.04. The Balaban J connectivity index is 1.59. The van der Waals surface area contributed by atoms with Gasteiger partial charge in [0.15, 0.2) is 0 Å². The van der Waals surface area contributed by atoms with Gasteiger partial charge in [0.2, 0.25) is 0 Å². The van der Waals surface area contributed by atoms with Gasteiger partial charge in [-0.25, -0.2) is 4.39 Å². The van der Waals surface area contributed by atoms with E-state index >= 15 is 0 Å². The molecule has 0 saturated carbocycles. The van der Waals surface area contributed by atoms with Crippen molar-refractivity contribution in [1.29, 1.82) is 0 Å². The van der Waals surface area contributed by atoms with Crippen LogP contribution in [0.5, 0.6) is 0 Å². The molecule has 3 aromatic heterocycles. The number of aromatic nitrogens is 3. The second kappa shape index (κ2) is 9.45. The highest BCUT2D eigenvalue weighted by atomic mass is 19.1. The molecule has 4 rings (SSSR count). The van der Waals surface area contributed by atoms with Crippen molar-refractivity contribution >= 4 is 0 Å². The molecule has 0 aromatic carbocycles. The van der Waals surface area contributed by atoms with Crippen LogP contribution in [0.15, 0.2) is 61.1 Å². The number of halogens is 1. The van der Waals surface area contributed by atoms with Crippen molar-refractivity contribution in [1.82, 2.24) is 19.9 Å². The first-order chi connectivity index (χ1) is 15.4. The molecule has 0 spiro atoms. The highest BCUT2D eigenvalue weighted by molar-refractivity contribution is 5.23. The van der Waals surface area contributed by atoms with Crippen molar-refractivity contribution in [3.63, 3.8) is 0 Å². The van der Waals surface area contributed by atoms with Crippen molar-refractivity contribution in [2.45, 2.75) is 76.9 Å². The summed E-state index contributed by atoms with van der Waals surface area (Å²) in [7, 11) is 0. The molecule has 0 N–H and O–H groups in total. The standard InChI is InChI=1S/C27H33FN4/c1-19-8-9-23(17-30-19)22(4)32-20(2)15-27(16-21(32)3,26-7-5-6-14-29-26)13-12-25-11-10-24(28)18-31-25/h5-11,14,17-18,20-22H,12-13,15-16H2,1-4H3/t20-,21-,22?/m0/s1. The summed E-state index contributed by atoms with van der Waals surface area (Å²) in [5, 5.41) is 0. The van der Waals surface area contributed by atoms with Crippen LogP contribution in [0.1, 0.15) is 68.7 Å². The molecule has 0 amide bonds. The van der Waals surface area contributed by atoms with Gasteiger partial charge < -0.3 is 0 Å². The van der Waals surface area contributed by atoms with Gasteiger partial charge in [-0.1, -0.05) is 12.1 Å². The SMILES string of the molecule is Cc1ccc(C(C)N2[C@@H](C)CC(CCc3ccc(F)cn3)(c3ccccn3)C[C@@H]2C)cn1. The first-order valence-corrected chi connectivity index (χ1v) is 11.6. The van der Waals surface area contributed by atoms with E-state index in [4.69, 9.17) is 4.98 Å². The number of aryl methyl sites for hydroxylation is 2. The van der Waals surface area contributed by atoms with E-state index in [1.807, 2.05) is 25.4 Å². The van der Waals surface area contributed by atoms with Crippen LogP contribution in [0.3, 0.4) is 0 Å². The number of nitrogens with zero attached hydrogens (tertiary/aromatic N) is 4. The van der Waals surface area contributed by atoms with Gasteiger partial charge in [0.1, 0.15) is 5.82 Å². The second-order valence-electron chi connectivity index (χ2n) is 9.43. The largest absolute Gasteiger partial charge is 0.291 e. The molecular formula is C27H33FN4. The van der Waals surface area contributed by atoms with E-state index in [2.05, 4.69) is 59.9 Å². The molecule has 32 heavy (non-hydrogen) atoms. The fourth-order valence-electron chi connectivity index (χ4n) is 5.66. The summed E-state index contributed by atoms with van der Waals surface area (Å²) in [5.74, 6) is -0.289. The zero-order valence-electron chi connectivity index (χ0n) is 19.5. The molecule has 1 aliphatic rings. The van der Waals surface area contributed by atoms with E-state index in [0.29, 0.717) is 18.1 Å². The zero-order chi connectivity index (χ0) is 22.7. The van der Waals surface area contributed by atoms with Crippen LogP contribution in [0, 0.1) is 12.7 Å². The molecule has 1 unspecified atom stereocenters. The Bertz CT molecular complexity index is 992. The third-order valence-corrected chi connectivity index (χ3v) is 7.11. The van der Waals surface area contributed by atoms with Crippen molar-refractivity contribution in [2.24, 2.45) is 0 Å². The molecule has 4 heterocycles. The van der Waals surface area contributed by atoms with Crippen molar-refractivity contribution in [3.8, 4) is 0 Å². The Morgan fingerprint density at radius 3 is 2.38 bits per heavy atom. The lowest BCUT2D eigenvalue weighted by Crippen LogP contribution is -2.53. The van der Waals surface area contributed by atoms with E-state index in [1.165, 1.54) is 17.8 Å². The predicted octanol–water partition coefficient (Wildman–Crippen LogP) is 5.82. The lowest BCUT2D eigenvalue weighted by Gasteiger charge is -2.51. The molecule has 4 nitrogen and oxygen atoms in total. The van der Waals surface area contributed by atoms with Gasteiger partial charge in [0.05, 0.1) is 6.20 Å². The first kappa shape index (κ1) is 22.5. The minimum absolute atomic E-state index is 0.0299. The summed E-state index contributed by atoms with van der Waals surface area (Å²) in [6, 6.07) is 14.9. The third-order valence-electron chi connectivity index (χ3n) is 7.11. The Labute approximate surface area is 191 Å². The van der Waals surface area contributed by atoms with Crippen LogP contribution in [-0.2, 0) is 11.8 Å². The number of rotatable bonds is 6. The summed E-state index contributed by atoms with van der Waals surface area (Å²) < 4.78 is 13.3. The average molecular weight is 433 g/mol. The van der Waals surface area contributed by atoms with Gasteiger partial charge >= 0.3 is 0 Å². The number of pyridine rings is 3. The molecule has 0 radical (unpaired) electrons. The second-order valence-corrected chi connectivity index (χ2v) is 9.43. The summed E-state index contributed by atoms with van der Waals surface area (Å²) in [4.78, 5) is 16.3. The monoisotopic (exact) mass is 432 g/mol. The Hall–Kier alpha value is -2.66. The van der Waals surface area contributed by atoms with Gasteiger partial charge in [0, 0.05) is 53.0 Å². The lowest BCUT2D eigenvalue weighted by molar-refractivity contribution is 0.0162. The molecule has 1 fully saturated rings. The zero-order valence-corrected chi connectivity index (χ0v) is 19.5. The molecule has 0 bridgehead atoms. The van der Waals surface area contributed by atoms with Gasteiger partial charge in [-0.3, -0.25) is 19.9 Å². The quantitative estimate of drug-likeness (QED) is 0.492. The van der Waals surface area contributed by atoms with Crippen molar-refractivity contribution < 1.29 is 4.39 Å². The number of hydrogen-bond acceptors (Lipinski definition) is 4. The highest BCUT2D eigenvalue weighted by Crippen LogP contribution is 2.45. The van der Waals surface area contributed by atoms with E-state index in [0.717, 1.165) is 42.8 Å². The van der Waals surface area contributed by atoms with Gasteiger partial charge in [-0.15, -0.1) is 0 Å². The maximum absolute atomic E-state index is 13.3. The first-order valence-electron chi connectivity index (χ1n) is 11.6. The molecule has 0 aliphatic carbocycles. The Morgan fingerprint density at radius 1 is 1.00 bits per heavy atom. The van der Waals surface area contributed by atoms with Crippen molar-refractivity contribution in [3.05, 3.63) is 89.5 Å². The van der Waals surface area contributed by atoms with Crippen LogP contribution >= 0.6 is 0 Å². The normalized spacial score (nSPS) is 24.9. The lowest BCUT2D eigenvalue weighted by atomic mass is 9.67. The fraction of sp³-hybridized carbons (Fsp3) is 0.444. The van der Waals surface area contributed by atoms with Gasteiger partial charge in [0.25, 0.3) is 0 Å². The maximum Gasteiger partial charge on any atom is 0.141 e. The Morgan fingerprint density at radius 2 is 1.78 bits per heavy atom. The molecule has 1 aliphatic heterocycles. The summed E-state index contributed by atoms with van der Waals surface area (Å²) in [6.45, 7) is 8.98. The van der Waals surface area contributed by atoms with Gasteiger partial charge in [-0.2, -0.15) is 0 Å². The summed E-state index contributed by atoms with van der Waals surface area (Å²) >= 11 is 0. The van der Waals surface area contributed by atoms with Crippen LogP contribution in [0.4, 0.5) is 4.39 Å². The van der Waals surface area contributed by atoms with E-state index in [-0.39, 0.29) is 11.2 Å². The summed E-state index contributed by atoms with van der Waals surface area (Å²) in [5.41, 5.74) is 4.37. The van der Waals surface area contributed by atoms with E-state index < -0.39 is 0 Å². The molecule has 5 heteroatoms. The van der Waals surface area contributed by atoms with E-state index in [9.17, 15) is 4.39 Å². The average Bonchev–Trinajstić information content (AvgIpc) is 2.79. The minimum Gasteiger partial charge on any atom is -0.291 e.